The van der Waals surface area contributed by atoms with Crippen LogP contribution in [0.3, 0.4) is 0 Å². The number of morpholine rings is 2. The zero-order valence-electron chi connectivity index (χ0n) is 45.8. The number of ether oxygens (including phenoxy) is 2. The summed E-state index contributed by atoms with van der Waals surface area (Å²) in [5, 5.41) is 2.15. The molecular formula is C62H72N6O10S2. The molecule has 0 spiro atoms. The molecule has 18 heteroatoms. The Balaban J connectivity index is 0.000000169. The summed E-state index contributed by atoms with van der Waals surface area (Å²) in [4.78, 5) is 57.4. The van der Waals surface area contributed by atoms with Crippen LogP contribution in [0.15, 0.2) is 90.5 Å². The van der Waals surface area contributed by atoms with E-state index in [2.05, 4.69) is 48.9 Å². The molecule has 1 atom stereocenters. The van der Waals surface area contributed by atoms with Gasteiger partial charge in [0, 0.05) is 82.4 Å². The predicted molar refractivity (Wildman–Crippen MR) is 310 cm³/mol. The molecule has 2 aliphatic carbocycles. The van der Waals surface area contributed by atoms with E-state index < -0.39 is 31.9 Å². The van der Waals surface area contributed by atoms with E-state index in [-0.39, 0.29) is 34.8 Å². The average molecular weight is 1130 g/mol. The van der Waals surface area contributed by atoms with Crippen molar-refractivity contribution in [2.75, 3.05) is 64.1 Å². The van der Waals surface area contributed by atoms with Crippen molar-refractivity contribution in [1.29, 1.82) is 0 Å². The molecule has 6 heterocycles. The lowest BCUT2D eigenvalue weighted by atomic mass is 9.81. The zero-order chi connectivity index (χ0) is 55.7. The van der Waals surface area contributed by atoms with Crippen molar-refractivity contribution in [1.82, 2.24) is 28.4 Å². The van der Waals surface area contributed by atoms with E-state index >= 15 is 0 Å². The van der Waals surface area contributed by atoms with Gasteiger partial charge >= 0.3 is 0 Å². The van der Waals surface area contributed by atoms with E-state index in [1.807, 2.05) is 52.3 Å². The highest BCUT2D eigenvalue weighted by Gasteiger charge is 2.36. The second kappa shape index (κ2) is 23.5. The molecular weight excluding hydrogens is 1050 g/mol. The fourth-order valence-electron chi connectivity index (χ4n) is 13.2. The summed E-state index contributed by atoms with van der Waals surface area (Å²) in [5.41, 5.74) is 12.2. The Morgan fingerprint density at radius 1 is 0.575 bits per heavy atom. The van der Waals surface area contributed by atoms with Crippen molar-refractivity contribution in [3.63, 3.8) is 0 Å². The van der Waals surface area contributed by atoms with Gasteiger partial charge in [0.25, 0.3) is 17.7 Å². The van der Waals surface area contributed by atoms with Gasteiger partial charge in [-0.2, -0.15) is 0 Å². The van der Waals surface area contributed by atoms with E-state index in [1.54, 1.807) is 18.2 Å². The van der Waals surface area contributed by atoms with Gasteiger partial charge in [0.1, 0.15) is 0 Å². The number of nitrogens with one attached hydrogen (secondary N) is 2. The number of fused-ring (bicyclic) bond motifs is 10. The standard InChI is InChI=1S/C31H37N3O5S.C31H35N3O5S/c2*1-2-40(37,38)32-30(35)23-12-13-26-27(19-23)34-20-24(31(36)33-14-16-39-17-15-33)18-22-10-6-7-11-25(22)29(34)28(26)21-8-4-3-5-9-21/h6-7,10-13,19,21,24H,2-5,8-9,14-18,20H2,1H3,(H,32,35);6-7,10-13,18-19,21H,2-5,8-9,14-17,20H2,1H3,(H,32,35). The van der Waals surface area contributed by atoms with E-state index in [4.69, 9.17) is 9.47 Å². The molecule has 2 N–H and O–H groups in total. The summed E-state index contributed by atoms with van der Waals surface area (Å²) >= 11 is 0. The molecule has 0 bridgehead atoms. The number of aromatic nitrogens is 2. The molecule has 4 fully saturated rings. The first-order valence-corrected chi connectivity index (χ1v) is 32.1. The zero-order valence-corrected chi connectivity index (χ0v) is 47.5. The van der Waals surface area contributed by atoms with Crippen LogP contribution < -0.4 is 9.44 Å². The molecule has 4 aromatic carbocycles. The van der Waals surface area contributed by atoms with Crippen LogP contribution in [0.2, 0.25) is 0 Å². The van der Waals surface area contributed by atoms with Crippen LogP contribution in [0.4, 0.5) is 0 Å². The summed E-state index contributed by atoms with van der Waals surface area (Å²) in [5.74, 6) is -0.985. The molecule has 6 aliphatic rings. The molecule has 4 aliphatic heterocycles. The van der Waals surface area contributed by atoms with E-state index in [0.29, 0.717) is 95.1 Å². The van der Waals surface area contributed by atoms with E-state index in [1.165, 1.54) is 69.1 Å². The first kappa shape index (κ1) is 55.3. The van der Waals surface area contributed by atoms with Gasteiger partial charge in [-0.05, 0) is 110 Å². The van der Waals surface area contributed by atoms with Crippen LogP contribution in [0.5, 0.6) is 0 Å². The topological polar surface area (TPSA) is 195 Å². The summed E-state index contributed by atoms with van der Waals surface area (Å²) in [6.45, 7) is 8.33. The second-order valence-electron chi connectivity index (χ2n) is 22.2. The van der Waals surface area contributed by atoms with Crippen LogP contribution in [0.25, 0.3) is 50.4 Å². The fraction of sp³-hybridized carbons (Fsp3) is 0.452. The lowest BCUT2D eigenvalue weighted by molar-refractivity contribution is -0.140. The number of hydrogen-bond acceptors (Lipinski definition) is 10. The minimum Gasteiger partial charge on any atom is -0.378 e. The number of amides is 4. The maximum atomic E-state index is 13.9. The Morgan fingerprint density at radius 3 is 1.61 bits per heavy atom. The maximum Gasteiger partial charge on any atom is 0.264 e. The molecule has 4 amide bonds. The smallest absolute Gasteiger partial charge is 0.264 e. The molecule has 1 unspecified atom stereocenters. The third-order valence-corrected chi connectivity index (χ3v) is 19.8. The molecule has 2 saturated carbocycles. The fourth-order valence-corrected chi connectivity index (χ4v) is 14.2. The third-order valence-electron chi connectivity index (χ3n) is 17.3. The Kier molecular flexibility index (Phi) is 16.2. The first-order valence-electron chi connectivity index (χ1n) is 28.8. The molecule has 16 nitrogen and oxygen atoms in total. The minimum atomic E-state index is -3.70. The number of carbonyl (C=O) groups is 4. The largest absolute Gasteiger partial charge is 0.378 e. The van der Waals surface area contributed by atoms with Crippen molar-refractivity contribution in [2.24, 2.45) is 5.92 Å². The normalized spacial score (nSPS) is 19.0. The van der Waals surface area contributed by atoms with Gasteiger partial charge in [0.05, 0.1) is 61.8 Å². The van der Waals surface area contributed by atoms with Crippen LogP contribution in [0, 0.1) is 5.92 Å². The van der Waals surface area contributed by atoms with Crippen LogP contribution in [-0.4, -0.2) is 124 Å². The van der Waals surface area contributed by atoms with Crippen molar-refractivity contribution in [3.05, 3.63) is 124 Å². The van der Waals surface area contributed by atoms with Crippen LogP contribution >= 0.6 is 0 Å². The number of hydrogen-bond donors (Lipinski definition) is 2. The van der Waals surface area contributed by atoms with Crippen LogP contribution in [-0.2, 0) is 58.6 Å². The number of rotatable bonds is 10. The van der Waals surface area contributed by atoms with Crippen molar-refractivity contribution in [3.8, 4) is 22.5 Å². The van der Waals surface area contributed by atoms with Crippen molar-refractivity contribution in [2.45, 2.75) is 109 Å². The van der Waals surface area contributed by atoms with Gasteiger partial charge in [0.15, 0.2) is 0 Å². The van der Waals surface area contributed by atoms with Gasteiger partial charge in [-0.3, -0.25) is 19.2 Å². The summed E-state index contributed by atoms with van der Waals surface area (Å²) < 4.78 is 68.4. The molecule has 2 saturated heterocycles. The highest BCUT2D eigenvalue weighted by Crippen LogP contribution is 2.49. The Bertz CT molecular complexity index is 3610. The summed E-state index contributed by atoms with van der Waals surface area (Å²) in [6.07, 6.45) is 14.3. The Morgan fingerprint density at radius 2 is 1.06 bits per heavy atom. The predicted octanol–water partition coefficient (Wildman–Crippen LogP) is 9.16. The van der Waals surface area contributed by atoms with Gasteiger partial charge in [-0.15, -0.1) is 0 Å². The van der Waals surface area contributed by atoms with Gasteiger partial charge in [-0.1, -0.05) is 99.2 Å². The Hall–Kier alpha value is -6.60. The van der Waals surface area contributed by atoms with Gasteiger partial charge in [-0.25, -0.2) is 26.3 Å². The summed E-state index contributed by atoms with van der Waals surface area (Å²) in [7, 11) is -7.40. The SMILES string of the molecule is CCS(=O)(=O)NC(=O)c1ccc2c(C3CCCCC3)c3n(c2c1)CC(C(=O)N1CCOCC1)=Cc1ccccc1-3.CCS(=O)(=O)NC(=O)c1ccc2c(C3CCCCC3)c3n(c2c1)CC(C(=O)N1CCOCC1)Cc1ccccc1-3. The average Bonchev–Trinajstić information content (AvgIpc) is 4.05. The van der Waals surface area contributed by atoms with E-state index in [0.717, 1.165) is 75.6 Å². The molecule has 0 radical (unpaired) electrons. The van der Waals surface area contributed by atoms with Crippen LogP contribution in [0.1, 0.15) is 133 Å². The minimum absolute atomic E-state index is 0.00467. The number of sulfonamides is 2. The highest BCUT2D eigenvalue weighted by atomic mass is 32.2. The number of benzene rings is 4. The highest BCUT2D eigenvalue weighted by molar-refractivity contribution is 7.90. The third kappa shape index (κ3) is 11.2. The molecule has 80 heavy (non-hydrogen) atoms. The molecule has 6 aromatic rings. The second-order valence-corrected chi connectivity index (χ2v) is 26.2. The van der Waals surface area contributed by atoms with E-state index in [9.17, 15) is 36.0 Å². The Labute approximate surface area is 469 Å². The molecule has 2 aromatic heterocycles. The summed E-state index contributed by atoms with van der Waals surface area (Å²) in [6, 6.07) is 27.6. The van der Waals surface area contributed by atoms with Crippen molar-refractivity contribution < 1.29 is 45.5 Å². The number of nitrogens with zero attached hydrogens (tertiary/aromatic N) is 4. The number of carbonyl (C=O) groups excluding carboxylic acids is 4. The van der Waals surface area contributed by atoms with Gasteiger partial charge < -0.3 is 28.4 Å². The first-order chi connectivity index (χ1) is 38.7. The maximum absolute atomic E-state index is 13.9. The monoisotopic (exact) mass is 1120 g/mol. The van der Waals surface area contributed by atoms with Crippen molar-refractivity contribution >= 4 is 71.6 Å². The molecule has 12 rings (SSSR count). The lowest BCUT2D eigenvalue weighted by Gasteiger charge is -2.30. The lowest BCUT2D eigenvalue weighted by Crippen LogP contribution is -2.45. The molecule has 422 valence electrons. The quantitative estimate of drug-likeness (QED) is 0.134. The van der Waals surface area contributed by atoms with Gasteiger partial charge in [0.2, 0.25) is 26.0 Å².